The maximum Gasteiger partial charge on any atom is 0.102 e. The Balaban J connectivity index is 2.06. The van der Waals surface area contributed by atoms with E-state index in [4.69, 9.17) is 0 Å². The first-order chi connectivity index (χ1) is 2.43. The van der Waals surface area contributed by atoms with Crippen molar-refractivity contribution in [2.75, 3.05) is 0 Å². The molecule has 1 aliphatic carbocycles. The largest absolute Gasteiger partial charge is 0.102 e. The van der Waals surface area contributed by atoms with Crippen molar-refractivity contribution in [2.45, 2.75) is 6.32 Å². The van der Waals surface area contributed by atoms with E-state index in [1.54, 1.807) is 0 Å². The average molecular weight is 65.9 g/mol. The molecule has 5 heavy (non-hydrogen) atoms. The Morgan fingerprint density at radius 3 is 2.20 bits per heavy atom. The van der Waals surface area contributed by atoms with Crippen LogP contribution in [0.25, 0.3) is 0 Å². The van der Waals surface area contributed by atoms with Crippen molar-refractivity contribution in [1.29, 1.82) is 0 Å². The second kappa shape index (κ2) is 0.888. The third-order valence-corrected chi connectivity index (χ3v) is 0.936. The zero-order valence-corrected chi connectivity index (χ0v) is 3.44. The van der Waals surface area contributed by atoms with Crippen molar-refractivity contribution in [1.82, 2.24) is 0 Å². The Morgan fingerprint density at radius 1 is 1.60 bits per heavy atom. The highest BCUT2D eigenvalue weighted by molar-refractivity contribution is 6.09. The van der Waals surface area contributed by atoms with E-state index in [1.165, 1.54) is 6.32 Å². The summed E-state index contributed by atoms with van der Waals surface area (Å²) >= 11 is 0. The van der Waals surface area contributed by atoms with Crippen LogP contribution in [0.15, 0.2) is 12.2 Å². The molecule has 1 heteroatoms. The van der Waals surface area contributed by atoms with E-state index >= 15 is 0 Å². The Hall–Kier alpha value is -0.195. The first-order valence-electron chi connectivity index (χ1n) is 2.12. The predicted octanol–water partition coefficient (Wildman–Crippen LogP) is 0.224. The summed E-state index contributed by atoms with van der Waals surface area (Å²) in [4.78, 5) is 0. The molecule has 0 unspecified atom stereocenters. The zero-order chi connectivity index (χ0) is 3.70. The van der Waals surface area contributed by atoms with Crippen LogP contribution in [0, 0.1) is 5.92 Å². The molecular weight excluding hydrogens is 58.9 g/mol. The summed E-state index contributed by atoms with van der Waals surface area (Å²) in [5.41, 5.74) is 0. The summed E-state index contributed by atoms with van der Waals surface area (Å²) in [5, 5.41) is 0. The first kappa shape index (κ1) is 3.01. The van der Waals surface area contributed by atoms with E-state index in [9.17, 15) is 0 Å². The van der Waals surface area contributed by atoms with Crippen LogP contribution in [-0.4, -0.2) is 7.85 Å². The van der Waals surface area contributed by atoms with Gasteiger partial charge in [0.1, 0.15) is 7.85 Å². The molecule has 0 spiro atoms. The molecule has 26 valence electrons. The van der Waals surface area contributed by atoms with E-state index in [0.717, 1.165) is 5.92 Å². The minimum Gasteiger partial charge on any atom is -0.0818 e. The Morgan fingerprint density at radius 2 is 2.20 bits per heavy atom. The predicted molar refractivity (Wildman–Crippen MR) is 26.0 cm³/mol. The molecule has 0 bridgehead atoms. The molecule has 0 heterocycles. The van der Waals surface area contributed by atoms with Crippen molar-refractivity contribution in [3.8, 4) is 0 Å². The molecular formula is C4H7B. The maximum atomic E-state index is 2.22. The van der Waals surface area contributed by atoms with Crippen molar-refractivity contribution in [3.05, 3.63) is 12.2 Å². The molecule has 0 saturated heterocycles. The highest BCUT2D eigenvalue weighted by atomic mass is 14.1. The molecule has 0 N–H and O–H groups in total. The fraction of sp³-hybridized carbons (Fsp3) is 0.500. The molecule has 0 saturated carbocycles. The fourth-order valence-electron chi connectivity index (χ4n) is 0.351. The number of hydrogen-bond acceptors (Lipinski definition) is 0. The van der Waals surface area contributed by atoms with E-state index in [-0.39, 0.29) is 0 Å². The van der Waals surface area contributed by atoms with E-state index in [2.05, 4.69) is 20.0 Å². The molecule has 0 aliphatic heterocycles. The van der Waals surface area contributed by atoms with Gasteiger partial charge in [-0.25, -0.2) is 0 Å². The normalized spacial score (nSPS) is 20.0. The van der Waals surface area contributed by atoms with Crippen molar-refractivity contribution in [3.63, 3.8) is 0 Å². The van der Waals surface area contributed by atoms with E-state index < -0.39 is 0 Å². The minimum atomic E-state index is 0.884. The third kappa shape index (κ3) is 0.537. The van der Waals surface area contributed by atoms with Gasteiger partial charge in [0.15, 0.2) is 0 Å². The van der Waals surface area contributed by atoms with Gasteiger partial charge in [-0.1, -0.05) is 18.5 Å². The zero-order valence-electron chi connectivity index (χ0n) is 3.44. The Kier molecular flexibility index (Phi) is 0.535. The standard InChI is InChI=1S/C4H7B/c5-3-4-1-2-4/h1-2,4H,3,5H2. The molecule has 1 rings (SSSR count). The molecule has 0 aromatic rings. The van der Waals surface area contributed by atoms with Gasteiger partial charge >= 0.3 is 0 Å². The highest BCUT2D eigenvalue weighted by Crippen LogP contribution is 2.17. The summed E-state index contributed by atoms with van der Waals surface area (Å²) in [6, 6.07) is 0. The minimum absolute atomic E-state index is 0.884. The van der Waals surface area contributed by atoms with E-state index in [1.807, 2.05) is 0 Å². The second-order valence-electron chi connectivity index (χ2n) is 1.46. The monoisotopic (exact) mass is 66.1 g/mol. The first-order valence-corrected chi connectivity index (χ1v) is 2.12. The Bertz CT molecular complexity index is 50.7. The summed E-state index contributed by atoms with van der Waals surface area (Å²) in [7, 11) is 2.20. The van der Waals surface area contributed by atoms with Gasteiger partial charge < -0.3 is 0 Å². The van der Waals surface area contributed by atoms with Crippen LogP contribution >= 0.6 is 0 Å². The molecule has 0 radical (unpaired) electrons. The molecule has 1 aliphatic rings. The molecule has 0 amide bonds. The van der Waals surface area contributed by atoms with Crippen LogP contribution in [0.2, 0.25) is 6.32 Å². The van der Waals surface area contributed by atoms with Crippen molar-refractivity contribution in [2.24, 2.45) is 5.92 Å². The fourth-order valence-corrected chi connectivity index (χ4v) is 0.351. The summed E-state index contributed by atoms with van der Waals surface area (Å²) in [5.74, 6) is 0.884. The lowest BCUT2D eigenvalue weighted by atomic mass is 10.00. The van der Waals surface area contributed by atoms with Gasteiger partial charge in [-0.15, -0.1) is 0 Å². The number of hydrogen-bond donors (Lipinski definition) is 0. The van der Waals surface area contributed by atoms with Gasteiger partial charge in [0.05, 0.1) is 0 Å². The molecule has 0 atom stereocenters. The van der Waals surface area contributed by atoms with Gasteiger partial charge in [0.25, 0.3) is 0 Å². The van der Waals surface area contributed by atoms with Crippen LogP contribution < -0.4 is 0 Å². The lowest BCUT2D eigenvalue weighted by Gasteiger charge is -1.74. The SMILES string of the molecule is BCC1C=C1. The lowest BCUT2D eigenvalue weighted by molar-refractivity contribution is 1.08. The van der Waals surface area contributed by atoms with Gasteiger partial charge in [-0.2, -0.15) is 0 Å². The quantitative estimate of drug-likeness (QED) is 0.303. The van der Waals surface area contributed by atoms with Crippen molar-refractivity contribution >= 4 is 7.85 Å². The van der Waals surface area contributed by atoms with Gasteiger partial charge in [-0.05, 0) is 5.92 Å². The summed E-state index contributed by atoms with van der Waals surface area (Å²) in [6.45, 7) is 0. The number of allylic oxidation sites excluding steroid dienone is 2. The van der Waals surface area contributed by atoms with Gasteiger partial charge in [0.2, 0.25) is 0 Å². The van der Waals surface area contributed by atoms with Crippen LogP contribution in [0.4, 0.5) is 0 Å². The van der Waals surface area contributed by atoms with Crippen LogP contribution in [0.5, 0.6) is 0 Å². The molecule has 0 aromatic carbocycles. The second-order valence-corrected chi connectivity index (χ2v) is 1.46. The van der Waals surface area contributed by atoms with Crippen LogP contribution in [0.3, 0.4) is 0 Å². The summed E-state index contributed by atoms with van der Waals surface area (Å²) in [6.07, 6.45) is 5.75. The average Bonchev–Trinajstić information content (AvgIpc) is 2.12. The lowest BCUT2D eigenvalue weighted by Crippen LogP contribution is -1.68. The van der Waals surface area contributed by atoms with Gasteiger partial charge in [-0.3, -0.25) is 0 Å². The number of rotatable bonds is 1. The maximum absolute atomic E-state index is 2.22. The Labute approximate surface area is 33.3 Å². The van der Waals surface area contributed by atoms with Crippen LogP contribution in [0.1, 0.15) is 0 Å². The third-order valence-electron chi connectivity index (χ3n) is 0.936. The molecule has 0 aromatic heterocycles. The topological polar surface area (TPSA) is 0 Å². The summed E-state index contributed by atoms with van der Waals surface area (Å²) < 4.78 is 0. The van der Waals surface area contributed by atoms with Gasteiger partial charge in [0, 0.05) is 0 Å². The molecule has 0 fully saturated rings. The van der Waals surface area contributed by atoms with Crippen molar-refractivity contribution < 1.29 is 0 Å². The highest BCUT2D eigenvalue weighted by Gasteiger charge is 2.04. The van der Waals surface area contributed by atoms with E-state index in [0.29, 0.717) is 0 Å². The van der Waals surface area contributed by atoms with Crippen LogP contribution in [-0.2, 0) is 0 Å². The smallest absolute Gasteiger partial charge is 0.0818 e. The molecule has 0 nitrogen and oxygen atoms in total.